The first kappa shape index (κ1) is 17.8. The van der Waals surface area contributed by atoms with E-state index in [9.17, 15) is 9.59 Å². The normalized spacial score (nSPS) is 21.3. The van der Waals surface area contributed by atoms with Crippen molar-refractivity contribution in [3.05, 3.63) is 0 Å². The van der Waals surface area contributed by atoms with Crippen LogP contribution in [0.4, 0.5) is 4.79 Å². The fourth-order valence-electron chi connectivity index (χ4n) is 2.38. The van der Waals surface area contributed by atoms with Crippen LogP contribution in [0.5, 0.6) is 0 Å². The zero-order valence-corrected chi connectivity index (χ0v) is 13.1. The molecule has 1 heterocycles. The maximum Gasteiger partial charge on any atom is 0.315 e. The molecule has 0 aromatic carbocycles. The van der Waals surface area contributed by atoms with E-state index < -0.39 is 5.97 Å². The number of nitrogens with one attached hydrogen (secondary N) is 2. The van der Waals surface area contributed by atoms with Gasteiger partial charge >= 0.3 is 12.0 Å². The van der Waals surface area contributed by atoms with Crippen LogP contribution in [0.3, 0.4) is 0 Å². The SMILES string of the molecule is CC(CCCC(C)C(=O)O)NC(=O)NCC1CCCCO1. The molecule has 0 radical (unpaired) electrons. The van der Waals surface area contributed by atoms with Crippen LogP contribution in [0.1, 0.15) is 52.4 Å². The Balaban J connectivity index is 2.08. The highest BCUT2D eigenvalue weighted by Crippen LogP contribution is 2.12. The molecule has 6 nitrogen and oxygen atoms in total. The summed E-state index contributed by atoms with van der Waals surface area (Å²) in [6.07, 6.45) is 5.62. The van der Waals surface area contributed by atoms with Crippen LogP contribution in [0.25, 0.3) is 0 Å². The van der Waals surface area contributed by atoms with Gasteiger partial charge in [-0.2, -0.15) is 0 Å². The Bertz CT molecular complexity index is 330. The van der Waals surface area contributed by atoms with Gasteiger partial charge in [-0.3, -0.25) is 4.79 Å². The smallest absolute Gasteiger partial charge is 0.315 e. The van der Waals surface area contributed by atoms with Gasteiger partial charge in [0.05, 0.1) is 12.0 Å². The molecule has 3 unspecified atom stereocenters. The van der Waals surface area contributed by atoms with Crippen molar-refractivity contribution in [2.75, 3.05) is 13.2 Å². The van der Waals surface area contributed by atoms with Gasteiger partial charge < -0.3 is 20.5 Å². The van der Waals surface area contributed by atoms with E-state index in [0.717, 1.165) is 38.7 Å². The van der Waals surface area contributed by atoms with Crippen molar-refractivity contribution in [2.24, 2.45) is 5.92 Å². The topological polar surface area (TPSA) is 87.7 Å². The molecule has 0 aliphatic carbocycles. The van der Waals surface area contributed by atoms with Crippen LogP contribution in [0.15, 0.2) is 0 Å². The Labute approximate surface area is 126 Å². The summed E-state index contributed by atoms with van der Waals surface area (Å²) in [5, 5.41) is 14.5. The van der Waals surface area contributed by atoms with Gasteiger partial charge in [-0.05, 0) is 39.0 Å². The summed E-state index contributed by atoms with van der Waals surface area (Å²) in [5.41, 5.74) is 0. The van der Waals surface area contributed by atoms with Crippen molar-refractivity contribution in [1.29, 1.82) is 0 Å². The summed E-state index contributed by atoms with van der Waals surface area (Å²) in [7, 11) is 0. The van der Waals surface area contributed by atoms with E-state index in [-0.39, 0.29) is 24.1 Å². The molecule has 0 aromatic heterocycles. The molecule has 3 atom stereocenters. The van der Waals surface area contributed by atoms with Crippen LogP contribution >= 0.6 is 0 Å². The third-order valence-electron chi connectivity index (χ3n) is 3.84. The molecule has 1 rings (SSSR count). The van der Waals surface area contributed by atoms with Crippen molar-refractivity contribution in [1.82, 2.24) is 10.6 Å². The summed E-state index contributed by atoms with van der Waals surface area (Å²) in [4.78, 5) is 22.4. The van der Waals surface area contributed by atoms with E-state index in [1.54, 1.807) is 6.92 Å². The molecule has 0 bridgehead atoms. The number of ether oxygens (including phenoxy) is 1. The lowest BCUT2D eigenvalue weighted by molar-refractivity contribution is -0.141. The Morgan fingerprint density at radius 1 is 1.29 bits per heavy atom. The van der Waals surface area contributed by atoms with Gasteiger partial charge in [-0.25, -0.2) is 4.79 Å². The second-order valence-electron chi connectivity index (χ2n) is 5.91. The molecule has 1 aliphatic rings. The van der Waals surface area contributed by atoms with Gasteiger partial charge in [0.15, 0.2) is 0 Å². The molecule has 1 aliphatic heterocycles. The van der Waals surface area contributed by atoms with Crippen molar-refractivity contribution in [2.45, 2.75) is 64.5 Å². The molecule has 21 heavy (non-hydrogen) atoms. The number of hydrogen-bond acceptors (Lipinski definition) is 3. The Kier molecular flexibility index (Phi) is 8.12. The van der Waals surface area contributed by atoms with Gasteiger partial charge in [-0.15, -0.1) is 0 Å². The molecular formula is C15H28N2O4. The summed E-state index contributed by atoms with van der Waals surface area (Å²) in [5.74, 6) is -1.09. The van der Waals surface area contributed by atoms with E-state index in [1.165, 1.54) is 0 Å². The fourth-order valence-corrected chi connectivity index (χ4v) is 2.38. The zero-order valence-electron chi connectivity index (χ0n) is 13.1. The first-order valence-corrected chi connectivity index (χ1v) is 7.87. The highest BCUT2D eigenvalue weighted by atomic mass is 16.5. The number of hydrogen-bond donors (Lipinski definition) is 3. The summed E-state index contributed by atoms with van der Waals surface area (Å²) < 4.78 is 5.55. The van der Waals surface area contributed by atoms with Crippen molar-refractivity contribution in [3.63, 3.8) is 0 Å². The van der Waals surface area contributed by atoms with E-state index in [1.807, 2.05) is 6.92 Å². The van der Waals surface area contributed by atoms with Crippen LogP contribution in [-0.4, -0.2) is 42.4 Å². The van der Waals surface area contributed by atoms with Crippen molar-refractivity contribution in [3.8, 4) is 0 Å². The molecule has 0 saturated carbocycles. The number of carbonyl (C=O) groups excluding carboxylic acids is 1. The lowest BCUT2D eigenvalue weighted by atomic mass is 10.0. The molecule has 122 valence electrons. The number of amides is 2. The Morgan fingerprint density at radius 3 is 2.67 bits per heavy atom. The van der Waals surface area contributed by atoms with E-state index in [2.05, 4.69) is 10.6 Å². The minimum atomic E-state index is -0.763. The second kappa shape index (κ2) is 9.60. The molecule has 3 N–H and O–H groups in total. The number of carboxylic acids is 1. The predicted molar refractivity (Wildman–Crippen MR) is 80.2 cm³/mol. The number of rotatable bonds is 8. The molecule has 2 amide bonds. The molecule has 0 aromatic rings. The predicted octanol–water partition coefficient (Wildman–Crippen LogP) is 2.13. The average Bonchev–Trinajstić information content (AvgIpc) is 2.46. The van der Waals surface area contributed by atoms with Crippen molar-refractivity contribution >= 4 is 12.0 Å². The fraction of sp³-hybridized carbons (Fsp3) is 0.867. The summed E-state index contributed by atoms with van der Waals surface area (Å²) in [6, 6.07) is -0.138. The van der Waals surface area contributed by atoms with Crippen molar-refractivity contribution < 1.29 is 19.4 Å². The first-order chi connectivity index (χ1) is 9.99. The molecule has 6 heteroatoms. The highest BCUT2D eigenvalue weighted by Gasteiger charge is 2.16. The number of carbonyl (C=O) groups is 2. The number of carboxylic acid groups (broad SMARTS) is 1. The van der Waals surface area contributed by atoms with Crippen LogP contribution in [0, 0.1) is 5.92 Å². The molecular weight excluding hydrogens is 272 g/mol. The quantitative estimate of drug-likeness (QED) is 0.641. The van der Waals surface area contributed by atoms with Gasteiger partial charge in [0, 0.05) is 19.2 Å². The molecule has 1 saturated heterocycles. The molecule has 0 spiro atoms. The third kappa shape index (κ3) is 7.90. The van der Waals surface area contributed by atoms with Gasteiger partial charge in [0.2, 0.25) is 0 Å². The number of aliphatic carboxylic acids is 1. The van der Waals surface area contributed by atoms with E-state index in [4.69, 9.17) is 9.84 Å². The summed E-state index contributed by atoms with van der Waals surface area (Å²) >= 11 is 0. The minimum Gasteiger partial charge on any atom is -0.481 e. The maximum absolute atomic E-state index is 11.7. The van der Waals surface area contributed by atoms with E-state index >= 15 is 0 Å². The first-order valence-electron chi connectivity index (χ1n) is 7.87. The second-order valence-corrected chi connectivity index (χ2v) is 5.91. The minimum absolute atomic E-state index is 0.0401. The highest BCUT2D eigenvalue weighted by molar-refractivity contribution is 5.74. The molecule has 1 fully saturated rings. The maximum atomic E-state index is 11.7. The van der Waals surface area contributed by atoms with Gasteiger partial charge in [0.25, 0.3) is 0 Å². The standard InChI is InChI=1S/C15H28N2O4/c1-11(14(18)19)6-5-7-12(2)17-15(20)16-10-13-8-3-4-9-21-13/h11-13H,3-10H2,1-2H3,(H,18,19)(H2,16,17,20). The van der Waals surface area contributed by atoms with Crippen LogP contribution < -0.4 is 10.6 Å². The zero-order chi connectivity index (χ0) is 15.7. The van der Waals surface area contributed by atoms with Crippen LogP contribution in [-0.2, 0) is 9.53 Å². The average molecular weight is 300 g/mol. The lowest BCUT2D eigenvalue weighted by Gasteiger charge is -2.23. The van der Waals surface area contributed by atoms with E-state index in [0.29, 0.717) is 13.0 Å². The monoisotopic (exact) mass is 300 g/mol. The summed E-state index contributed by atoms with van der Waals surface area (Å²) in [6.45, 7) is 4.97. The van der Waals surface area contributed by atoms with Gasteiger partial charge in [-0.1, -0.05) is 13.3 Å². The van der Waals surface area contributed by atoms with Gasteiger partial charge in [0.1, 0.15) is 0 Å². The largest absolute Gasteiger partial charge is 0.481 e. The van der Waals surface area contributed by atoms with Crippen LogP contribution in [0.2, 0.25) is 0 Å². The number of urea groups is 1. The lowest BCUT2D eigenvalue weighted by Crippen LogP contribution is -2.44. The Morgan fingerprint density at radius 2 is 2.05 bits per heavy atom. The Hall–Kier alpha value is -1.30. The third-order valence-corrected chi connectivity index (χ3v) is 3.84.